The Hall–Kier alpha value is -1.46. The normalized spacial score (nSPS) is 19.5. The number of carbonyl (C=O) groups is 1. The summed E-state index contributed by atoms with van der Waals surface area (Å²) < 4.78 is 10.7. The van der Waals surface area contributed by atoms with Crippen molar-refractivity contribution in [2.45, 2.75) is 19.4 Å². The molecular formula is C14H20N2O3. The number of amides is 1. The van der Waals surface area contributed by atoms with E-state index >= 15 is 0 Å². The zero-order valence-electron chi connectivity index (χ0n) is 11.5. The number of morpholine rings is 1. The molecule has 1 saturated heterocycles. The van der Waals surface area contributed by atoms with Crippen LogP contribution in [0.15, 0.2) is 18.3 Å². The highest BCUT2D eigenvalue weighted by Gasteiger charge is 2.25. The first-order valence-electron chi connectivity index (χ1n) is 6.51. The number of hydrogen-bond donors (Lipinski definition) is 0. The van der Waals surface area contributed by atoms with Crippen LogP contribution in [0.2, 0.25) is 0 Å². The van der Waals surface area contributed by atoms with Gasteiger partial charge in [-0.05, 0) is 24.6 Å². The lowest BCUT2D eigenvalue weighted by Crippen LogP contribution is -2.42. The van der Waals surface area contributed by atoms with Crippen LogP contribution in [0, 0.1) is 6.92 Å². The predicted octanol–water partition coefficient (Wildman–Crippen LogP) is 1.33. The Balaban J connectivity index is 1.99. The van der Waals surface area contributed by atoms with Gasteiger partial charge in [0.25, 0.3) is 0 Å². The molecule has 1 aliphatic rings. The maximum absolute atomic E-state index is 12.0. The number of nitrogens with zero attached hydrogens (tertiary/aromatic N) is 2. The first-order valence-corrected chi connectivity index (χ1v) is 6.51. The van der Waals surface area contributed by atoms with Crippen LogP contribution in [0.1, 0.15) is 23.8 Å². The van der Waals surface area contributed by atoms with E-state index in [4.69, 9.17) is 9.47 Å². The third-order valence-electron chi connectivity index (χ3n) is 3.23. The zero-order valence-corrected chi connectivity index (χ0v) is 11.5. The molecule has 5 heteroatoms. The molecule has 1 amide bonds. The van der Waals surface area contributed by atoms with Gasteiger partial charge in [-0.15, -0.1) is 0 Å². The number of pyridine rings is 1. The van der Waals surface area contributed by atoms with E-state index in [0.29, 0.717) is 32.7 Å². The molecule has 0 radical (unpaired) electrons. The summed E-state index contributed by atoms with van der Waals surface area (Å²) in [6, 6.07) is 3.95. The van der Waals surface area contributed by atoms with Gasteiger partial charge in [-0.1, -0.05) is 0 Å². The van der Waals surface area contributed by atoms with E-state index in [0.717, 1.165) is 11.3 Å². The predicted molar refractivity (Wildman–Crippen MR) is 70.7 cm³/mol. The van der Waals surface area contributed by atoms with Crippen molar-refractivity contribution in [3.05, 3.63) is 29.6 Å². The summed E-state index contributed by atoms with van der Waals surface area (Å²) >= 11 is 0. The smallest absolute Gasteiger partial charge is 0.225 e. The Morgan fingerprint density at radius 3 is 3.21 bits per heavy atom. The Labute approximate surface area is 113 Å². The molecule has 19 heavy (non-hydrogen) atoms. The van der Waals surface area contributed by atoms with Crippen molar-refractivity contribution in [3.8, 4) is 0 Å². The highest BCUT2D eigenvalue weighted by atomic mass is 16.5. The topological polar surface area (TPSA) is 51.7 Å². The number of carbonyl (C=O) groups excluding carboxylic acids is 1. The molecule has 1 atom stereocenters. The van der Waals surface area contributed by atoms with Crippen molar-refractivity contribution in [3.63, 3.8) is 0 Å². The van der Waals surface area contributed by atoms with Gasteiger partial charge in [0.2, 0.25) is 5.91 Å². The van der Waals surface area contributed by atoms with Gasteiger partial charge in [-0.2, -0.15) is 0 Å². The van der Waals surface area contributed by atoms with E-state index in [1.807, 2.05) is 24.0 Å². The van der Waals surface area contributed by atoms with E-state index in [1.54, 1.807) is 13.3 Å². The highest BCUT2D eigenvalue weighted by Crippen LogP contribution is 2.22. The minimum atomic E-state index is -0.0538. The molecule has 104 valence electrons. The molecular weight excluding hydrogens is 244 g/mol. The summed E-state index contributed by atoms with van der Waals surface area (Å²) in [5, 5.41) is 0. The molecule has 1 aromatic rings. The minimum absolute atomic E-state index is 0.0538. The van der Waals surface area contributed by atoms with Crippen LogP contribution in [0.4, 0.5) is 0 Å². The SMILES string of the molecule is COCCC(=O)N1CCOC(c2ccnc(C)c2)C1. The maximum Gasteiger partial charge on any atom is 0.225 e. The van der Waals surface area contributed by atoms with Gasteiger partial charge >= 0.3 is 0 Å². The van der Waals surface area contributed by atoms with Crippen LogP contribution in [-0.2, 0) is 14.3 Å². The van der Waals surface area contributed by atoms with Crippen molar-refractivity contribution in [1.29, 1.82) is 0 Å². The Morgan fingerprint density at radius 2 is 2.47 bits per heavy atom. The second kappa shape index (κ2) is 6.63. The van der Waals surface area contributed by atoms with Crippen LogP contribution in [-0.4, -0.2) is 49.2 Å². The fraction of sp³-hybridized carbons (Fsp3) is 0.571. The number of aryl methyl sites for hydroxylation is 1. The lowest BCUT2D eigenvalue weighted by Gasteiger charge is -2.33. The molecule has 1 aromatic heterocycles. The standard InChI is InChI=1S/C14H20N2O3/c1-11-9-12(3-5-15-11)13-10-16(6-8-19-13)14(17)4-7-18-2/h3,5,9,13H,4,6-8,10H2,1-2H3. The molecule has 0 bridgehead atoms. The molecule has 1 fully saturated rings. The van der Waals surface area contributed by atoms with Gasteiger partial charge in [-0.25, -0.2) is 0 Å². The van der Waals surface area contributed by atoms with Gasteiger partial charge in [0.1, 0.15) is 6.10 Å². The Bertz CT molecular complexity index is 436. The number of rotatable bonds is 4. The van der Waals surface area contributed by atoms with E-state index < -0.39 is 0 Å². The van der Waals surface area contributed by atoms with Crippen LogP contribution >= 0.6 is 0 Å². The first-order chi connectivity index (χ1) is 9.20. The monoisotopic (exact) mass is 264 g/mol. The third kappa shape index (κ3) is 3.75. The lowest BCUT2D eigenvalue weighted by atomic mass is 10.1. The number of aromatic nitrogens is 1. The molecule has 0 aromatic carbocycles. The summed E-state index contributed by atoms with van der Waals surface area (Å²) in [5.74, 6) is 0.126. The maximum atomic E-state index is 12.0. The molecule has 0 N–H and O–H groups in total. The first kappa shape index (κ1) is 14.0. The minimum Gasteiger partial charge on any atom is -0.384 e. The molecule has 1 aliphatic heterocycles. The largest absolute Gasteiger partial charge is 0.384 e. The molecule has 0 spiro atoms. The van der Waals surface area contributed by atoms with Crippen LogP contribution in [0.25, 0.3) is 0 Å². The molecule has 2 rings (SSSR count). The van der Waals surface area contributed by atoms with Crippen molar-refractivity contribution < 1.29 is 14.3 Å². The highest BCUT2D eigenvalue weighted by molar-refractivity contribution is 5.76. The van der Waals surface area contributed by atoms with Crippen LogP contribution in [0.3, 0.4) is 0 Å². The molecule has 2 heterocycles. The third-order valence-corrected chi connectivity index (χ3v) is 3.23. The van der Waals surface area contributed by atoms with Crippen molar-refractivity contribution >= 4 is 5.91 Å². The molecule has 5 nitrogen and oxygen atoms in total. The number of methoxy groups -OCH3 is 1. The number of ether oxygens (including phenoxy) is 2. The summed E-state index contributed by atoms with van der Waals surface area (Å²) in [4.78, 5) is 18.0. The summed E-state index contributed by atoms with van der Waals surface area (Å²) in [5.41, 5.74) is 2.04. The van der Waals surface area contributed by atoms with Gasteiger partial charge < -0.3 is 14.4 Å². The fourth-order valence-corrected chi connectivity index (χ4v) is 2.19. The van der Waals surface area contributed by atoms with E-state index in [1.165, 1.54) is 0 Å². The van der Waals surface area contributed by atoms with Gasteiger partial charge in [-0.3, -0.25) is 9.78 Å². The Morgan fingerprint density at radius 1 is 1.63 bits per heavy atom. The molecule has 1 unspecified atom stereocenters. The van der Waals surface area contributed by atoms with E-state index in [2.05, 4.69) is 4.98 Å². The summed E-state index contributed by atoms with van der Waals surface area (Å²) in [7, 11) is 1.61. The average Bonchev–Trinajstić information content (AvgIpc) is 2.45. The summed E-state index contributed by atoms with van der Waals surface area (Å²) in [6.45, 7) is 4.25. The molecule has 0 saturated carbocycles. The fourth-order valence-electron chi connectivity index (χ4n) is 2.19. The van der Waals surface area contributed by atoms with Gasteiger partial charge in [0, 0.05) is 25.5 Å². The van der Waals surface area contributed by atoms with E-state index in [9.17, 15) is 4.79 Å². The second-order valence-electron chi connectivity index (χ2n) is 4.67. The summed E-state index contributed by atoms with van der Waals surface area (Å²) in [6.07, 6.45) is 2.15. The molecule has 0 aliphatic carbocycles. The number of hydrogen-bond acceptors (Lipinski definition) is 4. The van der Waals surface area contributed by atoms with E-state index in [-0.39, 0.29) is 12.0 Å². The van der Waals surface area contributed by atoms with Crippen molar-refractivity contribution in [2.24, 2.45) is 0 Å². The van der Waals surface area contributed by atoms with Crippen molar-refractivity contribution in [2.75, 3.05) is 33.4 Å². The van der Waals surface area contributed by atoms with Crippen molar-refractivity contribution in [1.82, 2.24) is 9.88 Å². The van der Waals surface area contributed by atoms with Gasteiger partial charge in [0.05, 0.1) is 26.2 Å². The lowest BCUT2D eigenvalue weighted by molar-refractivity contribution is -0.139. The quantitative estimate of drug-likeness (QED) is 0.823. The second-order valence-corrected chi connectivity index (χ2v) is 4.67. The Kier molecular flexibility index (Phi) is 4.87. The average molecular weight is 264 g/mol. The van der Waals surface area contributed by atoms with Crippen LogP contribution < -0.4 is 0 Å². The van der Waals surface area contributed by atoms with Crippen LogP contribution in [0.5, 0.6) is 0 Å². The van der Waals surface area contributed by atoms with Gasteiger partial charge in [0.15, 0.2) is 0 Å². The zero-order chi connectivity index (χ0) is 13.7.